The Bertz CT molecular complexity index is 144. The molecule has 64 valence electrons. The fraction of sp³-hybridized carbons (Fsp3) is 0.875. The molecule has 2 atom stereocenters. The summed E-state index contributed by atoms with van der Waals surface area (Å²) in [5, 5.41) is 19.3. The average molecular weight is 157 g/mol. The zero-order chi connectivity index (χ0) is 8.27. The summed E-state index contributed by atoms with van der Waals surface area (Å²) in [6, 6.07) is 0. The molecule has 1 fully saturated rings. The van der Waals surface area contributed by atoms with E-state index in [1.165, 1.54) is 0 Å². The summed E-state index contributed by atoms with van der Waals surface area (Å²) in [7, 11) is 0. The van der Waals surface area contributed by atoms with Gasteiger partial charge < -0.3 is 15.0 Å². The van der Waals surface area contributed by atoms with Gasteiger partial charge in [0.2, 0.25) is 0 Å². The molecule has 0 spiro atoms. The lowest BCUT2D eigenvalue weighted by Gasteiger charge is -2.30. The largest absolute Gasteiger partial charge is 0.550 e. The van der Waals surface area contributed by atoms with Crippen molar-refractivity contribution < 1.29 is 15.0 Å². The van der Waals surface area contributed by atoms with E-state index in [1.54, 1.807) is 0 Å². The molecule has 11 heavy (non-hydrogen) atoms. The van der Waals surface area contributed by atoms with E-state index in [0.717, 1.165) is 19.3 Å². The van der Waals surface area contributed by atoms with E-state index in [1.807, 2.05) is 0 Å². The molecule has 0 amide bonds. The van der Waals surface area contributed by atoms with Crippen molar-refractivity contribution in [3.05, 3.63) is 0 Å². The minimum Gasteiger partial charge on any atom is -0.550 e. The molecule has 1 saturated carbocycles. The first-order valence-electron chi connectivity index (χ1n) is 4.07. The van der Waals surface area contributed by atoms with Crippen LogP contribution in [0.3, 0.4) is 0 Å². The summed E-state index contributed by atoms with van der Waals surface area (Å²) in [6.07, 6.45) is 3.49. The van der Waals surface area contributed by atoms with Crippen molar-refractivity contribution in [2.24, 2.45) is 11.8 Å². The molecule has 0 radical (unpaired) electrons. The number of carbonyl (C=O) groups excluding carboxylic acids is 1. The summed E-state index contributed by atoms with van der Waals surface area (Å²) < 4.78 is 0. The van der Waals surface area contributed by atoms with Crippen molar-refractivity contribution >= 4 is 5.97 Å². The molecule has 3 nitrogen and oxygen atoms in total. The third kappa shape index (κ3) is 1.93. The second-order valence-corrected chi connectivity index (χ2v) is 3.15. The second-order valence-electron chi connectivity index (χ2n) is 3.15. The Morgan fingerprint density at radius 1 is 1.45 bits per heavy atom. The van der Waals surface area contributed by atoms with Gasteiger partial charge in [0.05, 0.1) is 0 Å². The SMILES string of the molecule is O=C([O-])C1CCCCC1CO. The van der Waals surface area contributed by atoms with Crippen LogP contribution in [0.4, 0.5) is 0 Å². The van der Waals surface area contributed by atoms with Crippen LogP contribution in [0, 0.1) is 11.8 Å². The molecule has 2 unspecified atom stereocenters. The van der Waals surface area contributed by atoms with Crippen LogP contribution < -0.4 is 5.11 Å². The topological polar surface area (TPSA) is 60.4 Å². The van der Waals surface area contributed by atoms with Gasteiger partial charge in [0.1, 0.15) is 0 Å². The Morgan fingerprint density at radius 2 is 2.09 bits per heavy atom. The van der Waals surface area contributed by atoms with Crippen LogP contribution in [0.5, 0.6) is 0 Å². The first-order chi connectivity index (χ1) is 5.25. The molecule has 1 N–H and O–H groups in total. The lowest BCUT2D eigenvalue weighted by Crippen LogP contribution is -2.38. The van der Waals surface area contributed by atoms with Crippen molar-refractivity contribution in [1.29, 1.82) is 0 Å². The van der Waals surface area contributed by atoms with Crippen LogP contribution in [0.1, 0.15) is 25.7 Å². The molecular formula is C8H13O3-. The molecule has 1 aliphatic carbocycles. The minimum absolute atomic E-state index is 0.0152. The number of aliphatic hydroxyl groups is 1. The molecule has 0 saturated heterocycles. The molecule has 1 rings (SSSR count). The van der Waals surface area contributed by atoms with E-state index in [9.17, 15) is 9.90 Å². The number of aliphatic carboxylic acids is 1. The van der Waals surface area contributed by atoms with Gasteiger partial charge in [0, 0.05) is 18.5 Å². The van der Waals surface area contributed by atoms with Crippen molar-refractivity contribution in [2.45, 2.75) is 25.7 Å². The summed E-state index contributed by atoms with van der Waals surface area (Å²) in [6.45, 7) is -0.0152. The van der Waals surface area contributed by atoms with E-state index in [-0.39, 0.29) is 12.5 Å². The van der Waals surface area contributed by atoms with Gasteiger partial charge in [-0.05, 0) is 18.8 Å². The molecule has 3 heteroatoms. The highest BCUT2D eigenvalue weighted by Gasteiger charge is 2.24. The van der Waals surface area contributed by atoms with Gasteiger partial charge in [-0.15, -0.1) is 0 Å². The van der Waals surface area contributed by atoms with Gasteiger partial charge in [-0.2, -0.15) is 0 Å². The quantitative estimate of drug-likeness (QED) is 0.589. The number of carboxylic acids is 1. The Balaban J connectivity index is 2.51. The normalized spacial score (nSPS) is 31.7. The van der Waals surface area contributed by atoms with Gasteiger partial charge in [-0.1, -0.05) is 12.8 Å². The average Bonchev–Trinajstić information content (AvgIpc) is 2.04. The third-order valence-corrected chi connectivity index (χ3v) is 2.45. The lowest BCUT2D eigenvalue weighted by atomic mass is 9.80. The van der Waals surface area contributed by atoms with E-state index in [4.69, 9.17) is 5.11 Å². The van der Waals surface area contributed by atoms with Gasteiger partial charge in [0.15, 0.2) is 0 Å². The lowest BCUT2D eigenvalue weighted by molar-refractivity contribution is -0.314. The maximum Gasteiger partial charge on any atom is 0.0465 e. The monoisotopic (exact) mass is 157 g/mol. The van der Waals surface area contributed by atoms with E-state index >= 15 is 0 Å². The minimum atomic E-state index is -0.997. The highest BCUT2D eigenvalue weighted by molar-refractivity contribution is 5.68. The Labute approximate surface area is 66.0 Å². The van der Waals surface area contributed by atoms with Gasteiger partial charge in [-0.3, -0.25) is 0 Å². The summed E-state index contributed by atoms with van der Waals surface area (Å²) >= 11 is 0. The van der Waals surface area contributed by atoms with Crippen LogP contribution in [0.15, 0.2) is 0 Å². The van der Waals surface area contributed by atoms with E-state index in [0.29, 0.717) is 6.42 Å². The zero-order valence-electron chi connectivity index (χ0n) is 6.45. The summed E-state index contributed by atoms with van der Waals surface area (Å²) in [5.41, 5.74) is 0. The summed E-state index contributed by atoms with van der Waals surface area (Å²) in [4.78, 5) is 10.5. The molecule has 0 heterocycles. The second kappa shape index (κ2) is 3.72. The molecular weight excluding hydrogens is 144 g/mol. The molecule has 0 aromatic carbocycles. The van der Waals surface area contributed by atoms with E-state index in [2.05, 4.69) is 0 Å². The first kappa shape index (κ1) is 8.53. The smallest absolute Gasteiger partial charge is 0.0465 e. The fourth-order valence-corrected chi connectivity index (χ4v) is 1.74. The molecule has 0 aliphatic heterocycles. The highest BCUT2D eigenvalue weighted by Crippen LogP contribution is 2.28. The maximum atomic E-state index is 10.5. The van der Waals surface area contributed by atoms with Crippen molar-refractivity contribution in [3.63, 3.8) is 0 Å². The van der Waals surface area contributed by atoms with Crippen LogP contribution in [0.2, 0.25) is 0 Å². The van der Waals surface area contributed by atoms with Crippen LogP contribution in [0.25, 0.3) is 0 Å². The van der Waals surface area contributed by atoms with Crippen molar-refractivity contribution in [1.82, 2.24) is 0 Å². The number of carboxylic acid groups (broad SMARTS) is 1. The predicted molar refractivity (Wildman–Crippen MR) is 37.5 cm³/mol. The van der Waals surface area contributed by atoms with Gasteiger partial charge in [-0.25, -0.2) is 0 Å². The maximum absolute atomic E-state index is 10.5. The number of hydrogen-bond donors (Lipinski definition) is 1. The van der Waals surface area contributed by atoms with E-state index < -0.39 is 11.9 Å². The van der Waals surface area contributed by atoms with Crippen molar-refractivity contribution in [2.75, 3.05) is 6.61 Å². The molecule has 0 bridgehead atoms. The third-order valence-electron chi connectivity index (χ3n) is 2.45. The van der Waals surface area contributed by atoms with Crippen molar-refractivity contribution in [3.8, 4) is 0 Å². The number of aliphatic hydroxyl groups excluding tert-OH is 1. The Hall–Kier alpha value is -0.570. The highest BCUT2D eigenvalue weighted by atomic mass is 16.4. The number of hydrogen-bond acceptors (Lipinski definition) is 3. The van der Waals surface area contributed by atoms with Crippen LogP contribution in [-0.2, 0) is 4.79 Å². The summed E-state index contributed by atoms with van der Waals surface area (Å²) in [5.74, 6) is -1.47. The van der Waals surface area contributed by atoms with Crippen LogP contribution in [-0.4, -0.2) is 17.7 Å². The molecule has 0 aromatic rings. The van der Waals surface area contributed by atoms with Gasteiger partial charge >= 0.3 is 0 Å². The first-order valence-corrected chi connectivity index (χ1v) is 4.07. The molecule has 1 aliphatic rings. The standard InChI is InChI=1S/C8H14O3/c9-5-6-3-1-2-4-7(6)8(10)11/h6-7,9H,1-5H2,(H,10,11)/p-1. The number of carbonyl (C=O) groups is 1. The van der Waals surface area contributed by atoms with Gasteiger partial charge in [0.25, 0.3) is 0 Å². The molecule has 0 aromatic heterocycles. The predicted octanol–water partition coefficient (Wildman–Crippen LogP) is -0.465. The Kier molecular flexibility index (Phi) is 2.88. The van der Waals surface area contributed by atoms with Crippen LogP contribution >= 0.6 is 0 Å². The number of rotatable bonds is 2. The zero-order valence-corrected chi connectivity index (χ0v) is 6.45. The fourth-order valence-electron chi connectivity index (χ4n) is 1.74. The Morgan fingerprint density at radius 3 is 2.55 bits per heavy atom.